The van der Waals surface area contributed by atoms with E-state index < -0.39 is 0 Å². The molecule has 0 spiro atoms. The van der Waals surface area contributed by atoms with Gasteiger partial charge in [-0.05, 0) is 6.92 Å². The minimum atomic E-state index is -0.286. The molecule has 48 valence electrons. The van der Waals surface area contributed by atoms with Crippen LogP contribution in [0.25, 0.3) is 0 Å². The van der Waals surface area contributed by atoms with E-state index in [1.165, 1.54) is 6.20 Å². The van der Waals surface area contributed by atoms with E-state index in [9.17, 15) is 4.79 Å². The molecule has 9 heavy (non-hydrogen) atoms. The lowest BCUT2D eigenvalue weighted by molar-refractivity contribution is 0.667. The third kappa shape index (κ3) is 1.13. The van der Waals surface area contributed by atoms with Crippen molar-refractivity contribution in [1.29, 1.82) is 0 Å². The fourth-order valence-electron chi connectivity index (χ4n) is 0.480. The maximum absolute atomic E-state index is 10.5. The summed E-state index contributed by atoms with van der Waals surface area (Å²) in [6, 6.07) is 0. The summed E-state index contributed by atoms with van der Waals surface area (Å²) >= 11 is 0. The molecule has 0 aliphatic carbocycles. The Kier molecular flexibility index (Phi) is 1.30. The Bertz CT molecular complexity index is 265. The largest absolute Gasteiger partial charge is 0.291 e. The summed E-state index contributed by atoms with van der Waals surface area (Å²) in [6.07, 6.45) is 1.19. The highest BCUT2D eigenvalue weighted by Crippen LogP contribution is 1.77. The quantitative estimate of drug-likeness (QED) is 0.469. The maximum atomic E-state index is 10.5. The molecule has 0 aromatic carbocycles. The third-order valence-electron chi connectivity index (χ3n) is 1.08. The van der Waals surface area contributed by atoms with Crippen molar-refractivity contribution in [2.75, 3.05) is 0 Å². The lowest BCUT2D eigenvalue weighted by Crippen LogP contribution is -2.14. The third-order valence-corrected chi connectivity index (χ3v) is 1.08. The van der Waals surface area contributed by atoms with Gasteiger partial charge in [-0.1, -0.05) is 0 Å². The fourth-order valence-corrected chi connectivity index (χ4v) is 0.480. The number of nitrogens with zero attached hydrogens (tertiary/aromatic N) is 3. The average molecular weight is 125 g/mol. The summed E-state index contributed by atoms with van der Waals surface area (Å²) in [7, 11) is 1.74. The van der Waals surface area contributed by atoms with Gasteiger partial charge in [0, 0.05) is 7.05 Å². The van der Waals surface area contributed by atoms with Crippen molar-refractivity contribution in [3.63, 3.8) is 0 Å². The number of hydrogen-bond acceptors (Lipinski definition) is 3. The van der Waals surface area contributed by atoms with E-state index in [0.717, 1.165) is 0 Å². The molecule has 0 aliphatic rings. The van der Waals surface area contributed by atoms with Gasteiger partial charge < -0.3 is 0 Å². The Balaban J connectivity index is 3.34. The van der Waals surface area contributed by atoms with Gasteiger partial charge in [-0.2, -0.15) is 10.1 Å². The summed E-state index contributed by atoms with van der Waals surface area (Å²) in [5, 5.41) is 3.72. The highest BCUT2D eigenvalue weighted by Gasteiger charge is 1.89. The topological polar surface area (TPSA) is 47.8 Å². The van der Waals surface area contributed by atoms with Crippen molar-refractivity contribution < 1.29 is 0 Å². The summed E-state index contributed by atoms with van der Waals surface area (Å²) in [5.74, 6) is 0.627. The molecule has 0 saturated carbocycles. The van der Waals surface area contributed by atoms with Crippen LogP contribution < -0.4 is 5.56 Å². The summed E-state index contributed by atoms with van der Waals surface area (Å²) in [5.41, 5.74) is -0.286. The molecule has 1 aromatic heterocycles. The second-order valence-electron chi connectivity index (χ2n) is 1.77. The van der Waals surface area contributed by atoms with E-state index in [2.05, 4.69) is 10.1 Å². The highest BCUT2D eigenvalue weighted by atomic mass is 16.1. The minimum Gasteiger partial charge on any atom is -0.266 e. The zero-order valence-electron chi connectivity index (χ0n) is 5.33. The van der Waals surface area contributed by atoms with Gasteiger partial charge in [0.15, 0.2) is 0 Å². The molecule has 0 saturated heterocycles. The second kappa shape index (κ2) is 1.97. The normalized spacial score (nSPS) is 9.56. The number of hydrogen-bond donors (Lipinski definition) is 0. The SMILES string of the molecule is Cc1nc(=O)cnn1C. The van der Waals surface area contributed by atoms with Crippen molar-refractivity contribution in [2.45, 2.75) is 6.92 Å². The highest BCUT2D eigenvalue weighted by molar-refractivity contribution is 4.79. The Labute approximate surface area is 52.2 Å². The molecule has 0 bridgehead atoms. The number of aryl methyl sites for hydroxylation is 2. The number of aromatic nitrogens is 3. The standard InChI is InChI=1S/C5H7N3O/c1-4-7-5(9)3-6-8(4)2/h3H,1-2H3. The molecule has 0 unspecified atom stereocenters. The van der Waals surface area contributed by atoms with Gasteiger partial charge in [-0.15, -0.1) is 0 Å². The van der Waals surface area contributed by atoms with E-state index in [-0.39, 0.29) is 5.56 Å². The molecule has 0 atom stereocenters. The Hall–Kier alpha value is -1.19. The van der Waals surface area contributed by atoms with Crippen molar-refractivity contribution in [3.8, 4) is 0 Å². The molecule has 4 heteroatoms. The van der Waals surface area contributed by atoms with Gasteiger partial charge in [0.05, 0.1) is 0 Å². The van der Waals surface area contributed by atoms with Crippen LogP contribution in [0.15, 0.2) is 11.0 Å². The maximum Gasteiger partial charge on any atom is 0.291 e. The second-order valence-corrected chi connectivity index (χ2v) is 1.77. The van der Waals surface area contributed by atoms with Crippen LogP contribution in [0.5, 0.6) is 0 Å². The first kappa shape index (κ1) is 5.94. The fraction of sp³-hybridized carbons (Fsp3) is 0.400. The number of rotatable bonds is 0. The van der Waals surface area contributed by atoms with Crippen LogP contribution in [0.4, 0.5) is 0 Å². The Morgan fingerprint density at radius 3 is 2.78 bits per heavy atom. The molecule has 0 radical (unpaired) electrons. The smallest absolute Gasteiger partial charge is 0.266 e. The van der Waals surface area contributed by atoms with Crippen LogP contribution in [-0.2, 0) is 7.05 Å². The lowest BCUT2D eigenvalue weighted by atomic mass is 10.7. The lowest BCUT2D eigenvalue weighted by Gasteiger charge is -1.95. The van der Waals surface area contributed by atoms with Gasteiger partial charge in [-0.25, -0.2) is 0 Å². The van der Waals surface area contributed by atoms with Crippen LogP contribution in [0.3, 0.4) is 0 Å². The Morgan fingerprint density at radius 1 is 1.67 bits per heavy atom. The van der Waals surface area contributed by atoms with E-state index >= 15 is 0 Å². The molecule has 1 heterocycles. The van der Waals surface area contributed by atoms with Crippen LogP contribution in [0.1, 0.15) is 5.82 Å². The predicted molar refractivity (Wildman–Crippen MR) is 32.0 cm³/mol. The molecular weight excluding hydrogens is 118 g/mol. The Morgan fingerprint density at radius 2 is 2.33 bits per heavy atom. The summed E-state index contributed by atoms with van der Waals surface area (Å²) < 4.78 is 1.54. The van der Waals surface area contributed by atoms with E-state index in [0.29, 0.717) is 5.82 Å². The van der Waals surface area contributed by atoms with Crippen molar-refractivity contribution in [3.05, 3.63) is 22.4 Å². The molecule has 0 N–H and O–H groups in total. The first-order valence-corrected chi connectivity index (χ1v) is 2.57. The molecule has 0 amide bonds. The van der Waals surface area contributed by atoms with Crippen LogP contribution in [0.2, 0.25) is 0 Å². The van der Waals surface area contributed by atoms with E-state index in [4.69, 9.17) is 0 Å². The predicted octanol–water partition coefficient (Wildman–Crippen LogP) is -0.516. The molecule has 0 fully saturated rings. The minimum absolute atomic E-state index is 0.286. The average Bonchev–Trinajstić information content (AvgIpc) is 1.80. The molecule has 4 nitrogen and oxygen atoms in total. The summed E-state index contributed by atoms with van der Waals surface area (Å²) in [4.78, 5) is 14.1. The monoisotopic (exact) mass is 125 g/mol. The van der Waals surface area contributed by atoms with Gasteiger partial charge in [0.25, 0.3) is 5.56 Å². The first-order valence-electron chi connectivity index (χ1n) is 2.57. The van der Waals surface area contributed by atoms with Gasteiger partial charge in [0.1, 0.15) is 12.0 Å². The van der Waals surface area contributed by atoms with Gasteiger partial charge in [-0.3, -0.25) is 9.48 Å². The molecule has 0 aliphatic heterocycles. The van der Waals surface area contributed by atoms with Gasteiger partial charge in [0.2, 0.25) is 0 Å². The zero-order valence-corrected chi connectivity index (χ0v) is 5.33. The van der Waals surface area contributed by atoms with Crippen molar-refractivity contribution >= 4 is 0 Å². The van der Waals surface area contributed by atoms with Crippen LogP contribution >= 0.6 is 0 Å². The van der Waals surface area contributed by atoms with Crippen molar-refractivity contribution in [2.24, 2.45) is 7.05 Å². The first-order chi connectivity index (χ1) is 4.20. The van der Waals surface area contributed by atoms with E-state index in [1.54, 1.807) is 18.7 Å². The van der Waals surface area contributed by atoms with Gasteiger partial charge >= 0.3 is 0 Å². The van der Waals surface area contributed by atoms with Crippen molar-refractivity contribution in [1.82, 2.24) is 14.8 Å². The molecule has 1 aromatic rings. The molecule has 1 rings (SSSR count). The van der Waals surface area contributed by atoms with Crippen LogP contribution in [0, 0.1) is 6.92 Å². The summed E-state index contributed by atoms with van der Waals surface area (Å²) in [6.45, 7) is 1.73. The zero-order chi connectivity index (χ0) is 6.85. The van der Waals surface area contributed by atoms with Crippen LogP contribution in [-0.4, -0.2) is 14.8 Å². The molecular formula is C5H7N3O. The van der Waals surface area contributed by atoms with E-state index in [1.807, 2.05) is 0 Å².